The Kier molecular flexibility index (Phi) is 6.28. The molecule has 1 saturated heterocycles. The Morgan fingerprint density at radius 1 is 0.923 bits per heavy atom. The second-order valence-corrected chi connectivity index (χ2v) is 9.41. The Hall–Kier alpha value is -4.99. The van der Waals surface area contributed by atoms with Crippen molar-refractivity contribution < 1.29 is 14.3 Å². The van der Waals surface area contributed by atoms with Crippen molar-refractivity contribution in [3.05, 3.63) is 112 Å². The van der Waals surface area contributed by atoms with Crippen LogP contribution < -0.4 is 15.2 Å². The molecule has 9 nitrogen and oxygen atoms in total. The molecule has 2 aromatic heterocycles. The molecular weight excluding hydrogens is 499 g/mol. The van der Waals surface area contributed by atoms with Crippen molar-refractivity contribution in [3.63, 3.8) is 0 Å². The number of nitrogens with zero attached hydrogens (tertiary/aromatic N) is 6. The Morgan fingerprint density at radius 2 is 1.64 bits per heavy atom. The highest BCUT2D eigenvalue weighted by molar-refractivity contribution is 5.94. The highest BCUT2D eigenvalue weighted by atomic mass is 19.1. The molecule has 0 saturated carbocycles. The molecule has 39 heavy (non-hydrogen) atoms. The van der Waals surface area contributed by atoms with Crippen molar-refractivity contribution in [2.24, 2.45) is 0 Å². The van der Waals surface area contributed by atoms with Gasteiger partial charge in [-0.2, -0.15) is 0 Å². The summed E-state index contributed by atoms with van der Waals surface area (Å²) in [5, 5.41) is 17.7. The van der Waals surface area contributed by atoms with Crippen molar-refractivity contribution in [2.75, 3.05) is 36.0 Å². The minimum absolute atomic E-state index is 0.00892. The Bertz CT molecular complexity index is 1710. The number of carbonyl (C=O) groups is 1. The second-order valence-electron chi connectivity index (χ2n) is 9.41. The fraction of sp³-hybridized carbons (Fsp3) is 0.172. The average molecular weight is 525 g/mol. The van der Waals surface area contributed by atoms with Crippen LogP contribution in [0.1, 0.15) is 15.9 Å². The zero-order valence-corrected chi connectivity index (χ0v) is 20.9. The van der Waals surface area contributed by atoms with Gasteiger partial charge in [0.1, 0.15) is 11.4 Å². The molecule has 3 aromatic carbocycles. The molecule has 0 bridgehead atoms. The molecule has 0 aliphatic carbocycles. The third-order valence-electron chi connectivity index (χ3n) is 7.10. The summed E-state index contributed by atoms with van der Waals surface area (Å²) in [6, 6.07) is 20.3. The van der Waals surface area contributed by atoms with E-state index in [4.69, 9.17) is 0 Å². The molecule has 1 fully saturated rings. The summed E-state index contributed by atoms with van der Waals surface area (Å²) in [5.41, 5.74) is 2.26. The van der Waals surface area contributed by atoms with Crippen molar-refractivity contribution in [1.29, 1.82) is 0 Å². The predicted octanol–water partition coefficient (Wildman–Crippen LogP) is 3.79. The van der Waals surface area contributed by atoms with E-state index in [0.717, 1.165) is 11.3 Å². The quantitative estimate of drug-likeness (QED) is 0.361. The molecule has 1 N–H and O–H groups in total. The van der Waals surface area contributed by atoms with E-state index in [0.29, 0.717) is 49.6 Å². The molecule has 0 spiro atoms. The molecule has 10 heteroatoms. The number of hydrogen-bond donors (Lipinski definition) is 1. The van der Waals surface area contributed by atoms with Crippen LogP contribution in [0.5, 0.6) is 0 Å². The maximum Gasteiger partial charge on any atom is 0.341 e. The van der Waals surface area contributed by atoms with Gasteiger partial charge >= 0.3 is 5.97 Å². The van der Waals surface area contributed by atoms with E-state index >= 15 is 4.39 Å². The largest absolute Gasteiger partial charge is 0.477 e. The zero-order valence-electron chi connectivity index (χ0n) is 20.9. The first kappa shape index (κ1) is 24.4. The van der Waals surface area contributed by atoms with E-state index in [1.165, 1.54) is 12.3 Å². The number of benzene rings is 3. The first-order chi connectivity index (χ1) is 19.0. The minimum atomic E-state index is -1.37. The van der Waals surface area contributed by atoms with E-state index in [-0.39, 0.29) is 5.39 Å². The van der Waals surface area contributed by atoms with Crippen LogP contribution in [0, 0.1) is 5.82 Å². The molecule has 0 atom stereocenters. The summed E-state index contributed by atoms with van der Waals surface area (Å²) < 4.78 is 18.8. The van der Waals surface area contributed by atoms with Crippen LogP contribution in [0.25, 0.3) is 16.6 Å². The summed E-state index contributed by atoms with van der Waals surface area (Å²) in [4.78, 5) is 29.3. The lowest BCUT2D eigenvalue weighted by molar-refractivity contribution is 0.0695. The number of carboxylic acids is 1. The molecule has 0 amide bonds. The first-order valence-electron chi connectivity index (χ1n) is 12.6. The summed E-state index contributed by atoms with van der Waals surface area (Å²) in [6.45, 7) is 3.00. The van der Waals surface area contributed by atoms with Crippen LogP contribution in [-0.4, -0.2) is 56.8 Å². The van der Waals surface area contributed by atoms with Crippen LogP contribution in [0.2, 0.25) is 0 Å². The molecule has 5 aromatic rings. The van der Waals surface area contributed by atoms with Gasteiger partial charge in [-0.05, 0) is 35.9 Å². The third-order valence-corrected chi connectivity index (χ3v) is 7.10. The van der Waals surface area contributed by atoms with Crippen LogP contribution in [0.3, 0.4) is 0 Å². The normalized spacial score (nSPS) is 13.7. The third kappa shape index (κ3) is 4.61. The molecule has 0 radical (unpaired) electrons. The number of carboxylic acid groups (broad SMARTS) is 1. The van der Waals surface area contributed by atoms with Crippen LogP contribution in [0.15, 0.2) is 90.1 Å². The van der Waals surface area contributed by atoms with Gasteiger partial charge in [0.2, 0.25) is 5.43 Å². The number of para-hydroxylation sites is 2. The number of halogens is 1. The van der Waals surface area contributed by atoms with E-state index in [2.05, 4.69) is 27.3 Å². The van der Waals surface area contributed by atoms with Crippen LogP contribution in [0.4, 0.5) is 15.8 Å². The van der Waals surface area contributed by atoms with Gasteiger partial charge < -0.3 is 19.5 Å². The monoisotopic (exact) mass is 524 g/mol. The molecule has 1 aliphatic heterocycles. The van der Waals surface area contributed by atoms with Gasteiger partial charge in [0.15, 0.2) is 0 Å². The van der Waals surface area contributed by atoms with Crippen LogP contribution >= 0.6 is 0 Å². The average Bonchev–Trinajstić information content (AvgIpc) is 3.47. The molecule has 3 heterocycles. The number of piperazine rings is 1. The van der Waals surface area contributed by atoms with Crippen molar-refractivity contribution in [2.45, 2.75) is 6.54 Å². The highest BCUT2D eigenvalue weighted by Gasteiger charge is 2.23. The Morgan fingerprint density at radius 3 is 2.36 bits per heavy atom. The van der Waals surface area contributed by atoms with Gasteiger partial charge in [0.05, 0.1) is 29.6 Å². The standard InChI is InChI=1S/C29H25FN6O3/c30-24-16-22-26(17-27(24)34-14-12-33(13-15-34)21-7-2-1-3-8-21)36(19-23(28(22)37)29(38)39)25-9-5-4-6-20(25)18-35-11-10-31-32-35/h1-11,16-17,19H,12-15,18H2,(H,38,39). The van der Waals surface area contributed by atoms with E-state index in [1.54, 1.807) is 27.7 Å². The number of pyridine rings is 1. The van der Waals surface area contributed by atoms with Crippen molar-refractivity contribution in [3.8, 4) is 5.69 Å². The van der Waals surface area contributed by atoms with Gasteiger partial charge in [-0.25, -0.2) is 13.9 Å². The van der Waals surface area contributed by atoms with Gasteiger partial charge in [-0.15, -0.1) is 5.10 Å². The number of anilines is 2. The summed E-state index contributed by atoms with van der Waals surface area (Å²) in [5.74, 6) is -1.93. The number of aromatic carboxylic acids is 1. The maximum absolute atomic E-state index is 15.5. The van der Waals surface area contributed by atoms with Gasteiger partial charge in [-0.3, -0.25) is 4.79 Å². The van der Waals surface area contributed by atoms with Crippen molar-refractivity contribution >= 4 is 28.2 Å². The number of hydrogen-bond acceptors (Lipinski definition) is 6. The first-order valence-corrected chi connectivity index (χ1v) is 12.6. The SMILES string of the molecule is O=C(O)c1cn(-c2ccccc2Cn2ccnn2)c2cc(N3CCN(c4ccccc4)CC3)c(F)cc2c1=O. The van der Waals surface area contributed by atoms with Gasteiger partial charge in [-0.1, -0.05) is 41.6 Å². The summed E-state index contributed by atoms with van der Waals surface area (Å²) >= 11 is 0. The smallest absolute Gasteiger partial charge is 0.341 e. The number of rotatable bonds is 6. The minimum Gasteiger partial charge on any atom is -0.477 e. The fourth-order valence-corrected chi connectivity index (χ4v) is 5.14. The fourth-order valence-electron chi connectivity index (χ4n) is 5.14. The Labute approximate surface area is 222 Å². The summed E-state index contributed by atoms with van der Waals surface area (Å²) in [6.07, 6.45) is 4.63. The molecular formula is C29H25FN6O3. The van der Waals surface area contributed by atoms with E-state index < -0.39 is 22.8 Å². The summed E-state index contributed by atoms with van der Waals surface area (Å²) in [7, 11) is 0. The van der Waals surface area contributed by atoms with E-state index in [1.807, 2.05) is 47.4 Å². The highest BCUT2D eigenvalue weighted by Crippen LogP contribution is 2.29. The zero-order chi connectivity index (χ0) is 26.9. The molecule has 196 valence electrons. The predicted molar refractivity (Wildman–Crippen MR) is 146 cm³/mol. The number of aromatic nitrogens is 4. The van der Waals surface area contributed by atoms with Crippen LogP contribution in [-0.2, 0) is 6.54 Å². The second kappa shape index (κ2) is 10.1. The topological polar surface area (TPSA) is 96.5 Å². The van der Waals surface area contributed by atoms with Gasteiger partial charge in [0, 0.05) is 49.6 Å². The van der Waals surface area contributed by atoms with Gasteiger partial charge in [0.25, 0.3) is 0 Å². The van der Waals surface area contributed by atoms with E-state index in [9.17, 15) is 14.7 Å². The lowest BCUT2D eigenvalue weighted by Gasteiger charge is -2.37. The molecule has 6 rings (SSSR count). The lowest BCUT2D eigenvalue weighted by atomic mass is 10.1. The molecule has 0 unspecified atom stereocenters. The molecule has 1 aliphatic rings. The van der Waals surface area contributed by atoms with Crippen molar-refractivity contribution in [1.82, 2.24) is 19.6 Å². The lowest BCUT2D eigenvalue weighted by Crippen LogP contribution is -2.46. The number of fused-ring (bicyclic) bond motifs is 1. The maximum atomic E-state index is 15.5. The Balaban J connectivity index is 1.45.